The van der Waals surface area contributed by atoms with E-state index in [1.165, 1.54) is 12.8 Å². The second-order valence-electron chi connectivity index (χ2n) is 5.48. The highest BCUT2D eigenvalue weighted by atomic mass is 16.5. The first kappa shape index (κ1) is 13.4. The number of morpholine rings is 1. The van der Waals surface area contributed by atoms with Crippen LogP contribution in [0.2, 0.25) is 0 Å². The van der Waals surface area contributed by atoms with Crippen molar-refractivity contribution in [3.05, 3.63) is 29.8 Å². The third kappa shape index (κ3) is 2.78. The van der Waals surface area contributed by atoms with Gasteiger partial charge in [0.25, 0.3) is 0 Å². The second-order valence-corrected chi connectivity index (χ2v) is 5.48. The Morgan fingerprint density at radius 1 is 1.45 bits per heavy atom. The number of para-hydroxylation sites is 1. The van der Waals surface area contributed by atoms with Gasteiger partial charge in [0.2, 0.25) is 0 Å². The minimum Gasteiger partial charge on any atom is -0.478 e. The van der Waals surface area contributed by atoms with Gasteiger partial charge in [-0.25, -0.2) is 4.79 Å². The summed E-state index contributed by atoms with van der Waals surface area (Å²) in [6, 6.07) is 7.58. The maximum absolute atomic E-state index is 11.1. The van der Waals surface area contributed by atoms with Crippen molar-refractivity contribution in [3.63, 3.8) is 0 Å². The van der Waals surface area contributed by atoms with E-state index in [-0.39, 0.29) is 6.10 Å². The summed E-state index contributed by atoms with van der Waals surface area (Å²) in [5, 5.41) is 12.4. The van der Waals surface area contributed by atoms with Crippen molar-refractivity contribution >= 4 is 11.7 Å². The quantitative estimate of drug-likeness (QED) is 0.875. The van der Waals surface area contributed by atoms with Crippen LogP contribution in [0.1, 0.15) is 23.2 Å². The largest absolute Gasteiger partial charge is 0.478 e. The minimum atomic E-state index is -0.905. The Kier molecular flexibility index (Phi) is 3.89. The summed E-state index contributed by atoms with van der Waals surface area (Å²) in [5.74, 6) is -0.905. The lowest BCUT2D eigenvalue weighted by Gasteiger charge is -2.35. The molecule has 2 saturated heterocycles. The lowest BCUT2D eigenvalue weighted by atomic mass is 10.1. The van der Waals surface area contributed by atoms with Gasteiger partial charge in [-0.3, -0.25) is 4.90 Å². The van der Waals surface area contributed by atoms with Gasteiger partial charge in [-0.1, -0.05) is 12.1 Å². The van der Waals surface area contributed by atoms with Gasteiger partial charge in [0.05, 0.1) is 18.3 Å². The highest BCUT2D eigenvalue weighted by Crippen LogP contribution is 2.23. The first-order valence-corrected chi connectivity index (χ1v) is 7.16. The van der Waals surface area contributed by atoms with Crippen LogP contribution in [0.15, 0.2) is 24.3 Å². The Hall–Kier alpha value is -1.59. The average molecular weight is 276 g/mol. The number of fused-ring (bicyclic) bond motifs is 1. The van der Waals surface area contributed by atoms with Crippen molar-refractivity contribution < 1.29 is 14.6 Å². The molecule has 0 spiro atoms. The molecule has 0 radical (unpaired) electrons. The predicted octanol–water partition coefficient (Wildman–Crippen LogP) is 1.66. The summed E-state index contributed by atoms with van der Waals surface area (Å²) in [7, 11) is 0. The van der Waals surface area contributed by atoms with Crippen molar-refractivity contribution in [2.24, 2.45) is 0 Å². The van der Waals surface area contributed by atoms with Crippen LogP contribution in [-0.4, -0.2) is 54.4 Å². The van der Waals surface area contributed by atoms with Gasteiger partial charge in [-0.2, -0.15) is 0 Å². The molecule has 0 aromatic heterocycles. The van der Waals surface area contributed by atoms with E-state index in [9.17, 15) is 4.79 Å². The van der Waals surface area contributed by atoms with Gasteiger partial charge in [0.1, 0.15) is 0 Å². The molecule has 2 aliphatic rings. The van der Waals surface area contributed by atoms with E-state index in [1.54, 1.807) is 18.2 Å². The molecule has 2 atom stereocenters. The van der Waals surface area contributed by atoms with Crippen LogP contribution < -0.4 is 5.32 Å². The fourth-order valence-electron chi connectivity index (χ4n) is 3.06. The topological polar surface area (TPSA) is 61.8 Å². The monoisotopic (exact) mass is 276 g/mol. The normalized spacial score (nSPS) is 26.2. The van der Waals surface area contributed by atoms with E-state index in [2.05, 4.69) is 10.2 Å². The first-order chi connectivity index (χ1) is 9.74. The standard InChI is InChI=1S/C15H20N2O3/c18-15(19)13-5-1-2-6-14(13)16-8-12-9-17-7-3-4-11(17)10-20-12/h1-2,5-6,11-12,16H,3-4,7-10H2,(H,18,19). The van der Waals surface area contributed by atoms with E-state index >= 15 is 0 Å². The first-order valence-electron chi connectivity index (χ1n) is 7.16. The van der Waals surface area contributed by atoms with E-state index in [1.807, 2.05) is 6.07 Å². The van der Waals surface area contributed by atoms with E-state index in [0.717, 1.165) is 19.7 Å². The molecule has 2 heterocycles. The van der Waals surface area contributed by atoms with Crippen molar-refractivity contribution in [2.45, 2.75) is 25.0 Å². The number of carbonyl (C=O) groups is 1. The molecule has 3 rings (SSSR count). The molecule has 1 aromatic rings. The molecular formula is C15H20N2O3. The zero-order chi connectivity index (χ0) is 13.9. The number of ether oxygens (including phenoxy) is 1. The molecule has 20 heavy (non-hydrogen) atoms. The second kappa shape index (κ2) is 5.81. The Balaban J connectivity index is 1.58. The van der Waals surface area contributed by atoms with Crippen molar-refractivity contribution in [2.75, 3.05) is 31.6 Å². The third-order valence-electron chi connectivity index (χ3n) is 4.14. The molecule has 0 aliphatic carbocycles. The summed E-state index contributed by atoms with van der Waals surface area (Å²) in [6.45, 7) is 3.55. The smallest absolute Gasteiger partial charge is 0.337 e. The predicted molar refractivity (Wildman–Crippen MR) is 76.2 cm³/mol. The van der Waals surface area contributed by atoms with E-state index < -0.39 is 5.97 Å². The number of anilines is 1. The Labute approximate surface area is 118 Å². The molecule has 2 N–H and O–H groups in total. The fourth-order valence-corrected chi connectivity index (χ4v) is 3.06. The molecule has 2 fully saturated rings. The van der Waals surface area contributed by atoms with Crippen molar-refractivity contribution in [1.82, 2.24) is 4.90 Å². The number of benzene rings is 1. The number of hydrogen-bond donors (Lipinski definition) is 2. The fraction of sp³-hybridized carbons (Fsp3) is 0.533. The van der Waals surface area contributed by atoms with Gasteiger partial charge in [0.15, 0.2) is 0 Å². The number of carboxylic acids is 1. The van der Waals surface area contributed by atoms with Gasteiger partial charge in [0, 0.05) is 24.8 Å². The highest BCUT2D eigenvalue weighted by Gasteiger charge is 2.32. The maximum Gasteiger partial charge on any atom is 0.337 e. The van der Waals surface area contributed by atoms with Gasteiger partial charge < -0.3 is 15.2 Å². The van der Waals surface area contributed by atoms with E-state index in [4.69, 9.17) is 9.84 Å². The molecule has 2 unspecified atom stereocenters. The van der Waals surface area contributed by atoms with Crippen LogP contribution in [0.3, 0.4) is 0 Å². The zero-order valence-electron chi connectivity index (χ0n) is 11.4. The van der Waals surface area contributed by atoms with Crippen LogP contribution in [0.5, 0.6) is 0 Å². The van der Waals surface area contributed by atoms with Crippen LogP contribution in [0.4, 0.5) is 5.69 Å². The zero-order valence-corrected chi connectivity index (χ0v) is 11.4. The number of rotatable bonds is 4. The number of nitrogens with zero attached hydrogens (tertiary/aromatic N) is 1. The molecule has 0 saturated carbocycles. The molecule has 5 heteroatoms. The molecule has 1 aromatic carbocycles. The van der Waals surface area contributed by atoms with Gasteiger partial charge in [-0.05, 0) is 31.5 Å². The van der Waals surface area contributed by atoms with E-state index in [0.29, 0.717) is 23.8 Å². The minimum absolute atomic E-state index is 0.131. The Morgan fingerprint density at radius 3 is 3.15 bits per heavy atom. The number of aromatic carboxylic acids is 1. The molecule has 0 amide bonds. The summed E-state index contributed by atoms with van der Waals surface area (Å²) >= 11 is 0. The van der Waals surface area contributed by atoms with Crippen LogP contribution >= 0.6 is 0 Å². The number of carboxylic acid groups (broad SMARTS) is 1. The number of hydrogen-bond acceptors (Lipinski definition) is 4. The lowest BCUT2D eigenvalue weighted by Crippen LogP contribution is -2.48. The summed E-state index contributed by atoms with van der Waals surface area (Å²) in [5.41, 5.74) is 0.967. The summed E-state index contributed by atoms with van der Waals surface area (Å²) < 4.78 is 5.86. The van der Waals surface area contributed by atoms with Gasteiger partial charge >= 0.3 is 5.97 Å². The van der Waals surface area contributed by atoms with Crippen LogP contribution in [0.25, 0.3) is 0 Å². The van der Waals surface area contributed by atoms with Crippen LogP contribution in [0, 0.1) is 0 Å². The highest BCUT2D eigenvalue weighted by molar-refractivity contribution is 5.94. The summed E-state index contributed by atoms with van der Waals surface area (Å²) in [6.07, 6.45) is 2.63. The molecular weight excluding hydrogens is 256 g/mol. The third-order valence-corrected chi connectivity index (χ3v) is 4.14. The van der Waals surface area contributed by atoms with Crippen molar-refractivity contribution in [1.29, 1.82) is 0 Å². The summed E-state index contributed by atoms with van der Waals surface area (Å²) in [4.78, 5) is 13.6. The lowest BCUT2D eigenvalue weighted by molar-refractivity contribution is -0.0415. The SMILES string of the molecule is O=C(O)c1ccccc1NCC1CN2CCCC2CO1. The molecule has 2 aliphatic heterocycles. The number of nitrogens with one attached hydrogen (secondary N) is 1. The molecule has 108 valence electrons. The molecule has 5 nitrogen and oxygen atoms in total. The van der Waals surface area contributed by atoms with Crippen LogP contribution in [-0.2, 0) is 4.74 Å². The molecule has 0 bridgehead atoms. The van der Waals surface area contributed by atoms with Crippen molar-refractivity contribution in [3.8, 4) is 0 Å². The maximum atomic E-state index is 11.1. The Bertz CT molecular complexity index is 492. The van der Waals surface area contributed by atoms with Gasteiger partial charge in [-0.15, -0.1) is 0 Å². The Morgan fingerprint density at radius 2 is 2.30 bits per heavy atom. The average Bonchev–Trinajstić information content (AvgIpc) is 2.92.